The molecule has 1 saturated carbocycles. The number of ether oxygens (including phenoxy) is 2. The van der Waals surface area contributed by atoms with Crippen LogP contribution in [0.15, 0.2) is 24.3 Å². The summed E-state index contributed by atoms with van der Waals surface area (Å²) in [6.45, 7) is 3.01. The first-order chi connectivity index (χ1) is 12.6. The molecule has 0 heterocycles. The van der Waals surface area contributed by atoms with E-state index in [4.69, 9.17) is 9.47 Å². The average molecular weight is 369 g/mol. The van der Waals surface area contributed by atoms with E-state index in [-0.39, 0.29) is 17.9 Å². The van der Waals surface area contributed by atoms with E-state index in [1.807, 2.05) is 0 Å². The maximum absolute atomic E-state index is 10.3. The lowest BCUT2D eigenvalue weighted by Crippen LogP contribution is -2.20. The molecule has 4 nitrogen and oxygen atoms in total. The molecule has 0 spiro atoms. The zero-order valence-electron chi connectivity index (χ0n) is 17.0. The Hall–Kier alpha value is -0.680. The molecule has 0 bridgehead atoms. The summed E-state index contributed by atoms with van der Waals surface area (Å²) in [5.74, 6) is 0.0941. The summed E-state index contributed by atoms with van der Waals surface area (Å²) in [5, 5.41) is 20.7. The van der Waals surface area contributed by atoms with Gasteiger partial charge in [-0.2, -0.15) is 0 Å². The van der Waals surface area contributed by atoms with Crippen LogP contribution in [0.2, 0.25) is 0 Å². The molecule has 0 saturated heterocycles. The number of hydrogen-bond donors (Lipinski definition) is 2. The van der Waals surface area contributed by atoms with Gasteiger partial charge in [-0.15, -0.1) is 0 Å². The van der Waals surface area contributed by atoms with Crippen LogP contribution in [0, 0.1) is 11.8 Å². The van der Waals surface area contributed by atoms with Gasteiger partial charge in [0.2, 0.25) is 0 Å². The van der Waals surface area contributed by atoms with E-state index in [2.05, 4.69) is 31.2 Å². The quantitative estimate of drug-likeness (QED) is 0.355. The molecule has 4 heteroatoms. The Morgan fingerprint density at radius 3 is 2.54 bits per heavy atom. The van der Waals surface area contributed by atoms with Crippen molar-refractivity contribution in [2.75, 3.05) is 20.8 Å². The van der Waals surface area contributed by atoms with Crippen molar-refractivity contribution < 1.29 is 19.7 Å². The number of methoxy groups -OCH3 is 2. The first kappa shape index (κ1) is 23.4. The Balaban J connectivity index is 2.49. The first-order valence-corrected chi connectivity index (χ1v) is 10.3. The Morgan fingerprint density at radius 2 is 1.85 bits per heavy atom. The molecule has 0 radical (unpaired) electrons. The summed E-state index contributed by atoms with van der Waals surface area (Å²) in [6, 6.07) is 0. The fourth-order valence-electron chi connectivity index (χ4n) is 3.73. The van der Waals surface area contributed by atoms with Gasteiger partial charge in [-0.05, 0) is 38.0 Å². The van der Waals surface area contributed by atoms with Crippen LogP contribution in [0.5, 0.6) is 0 Å². The maximum Gasteiger partial charge on any atom is 0.0752 e. The third-order valence-electron chi connectivity index (χ3n) is 5.40. The molecule has 0 amide bonds. The molecular formula is C22H40O4. The zero-order valence-corrected chi connectivity index (χ0v) is 17.0. The van der Waals surface area contributed by atoms with E-state index in [1.165, 1.54) is 12.8 Å². The minimum atomic E-state index is -0.463. The third-order valence-corrected chi connectivity index (χ3v) is 5.40. The monoisotopic (exact) mass is 368 g/mol. The SMILES string of the molecule is CCCCCC(C=CC1C(O)CC(O)C1CC=CCCCCOC)OC. The Labute approximate surface area is 160 Å². The van der Waals surface area contributed by atoms with Crippen molar-refractivity contribution in [1.29, 1.82) is 0 Å². The van der Waals surface area contributed by atoms with Crippen LogP contribution < -0.4 is 0 Å². The number of allylic oxidation sites excluding steroid dienone is 2. The summed E-state index contributed by atoms with van der Waals surface area (Å²) in [7, 11) is 3.47. The number of hydrogen-bond acceptors (Lipinski definition) is 4. The van der Waals surface area contributed by atoms with Gasteiger partial charge in [-0.25, -0.2) is 0 Å². The fourth-order valence-corrected chi connectivity index (χ4v) is 3.73. The van der Waals surface area contributed by atoms with E-state index in [0.717, 1.165) is 45.1 Å². The first-order valence-electron chi connectivity index (χ1n) is 10.3. The van der Waals surface area contributed by atoms with Gasteiger partial charge >= 0.3 is 0 Å². The van der Waals surface area contributed by atoms with Gasteiger partial charge in [-0.3, -0.25) is 0 Å². The molecule has 1 fully saturated rings. The fraction of sp³-hybridized carbons (Fsp3) is 0.818. The van der Waals surface area contributed by atoms with Crippen molar-refractivity contribution in [3.63, 3.8) is 0 Å². The Kier molecular flexibility index (Phi) is 12.9. The van der Waals surface area contributed by atoms with E-state index in [1.54, 1.807) is 14.2 Å². The molecule has 5 unspecified atom stereocenters. The predicted octanol–water partition coefficient (Wildman–Crippen LogP) is 4.26. The molecule has 1 aliphatic rings. The summed E-state index contributed by atoms with van der Waals surface area (Å²) < 4.78 is 10.6. The lowest BCUT2D eigenvalue weighted by Gasteiger charge is -2.20. The highest BCUT2D eigenvalue weighted by Gasteiger charge is 2.39. The van der Waals surface area contributed by atoms with Crippen molar-refractivity contribution in [2.24, 2.45) is 11.8 Å². The molecule has 2 N–H and O–H groups in total. The molecule has 0 aromatic heterocycles. The molecular weight excluding hydrogens is 328 g/mol. The van der Waals surface area contributed by atoms with Gasteiger partial charge in [0, 0.05) is 33.2 Å². The normalized spacial score (nSPS) is 27.7. The van der Waals surface area contributed by atoms with E-state index < -0.39 is 12.2 Å². The van der Waals surface area contributed by atoms with Crippen molar-refractivity contribution in [3.05, 3.63) is 24.3 Å². The van der Waals surface area contributed by atoms with E-state index in [0.29, 0.717) is 6.42 Å². The second kappa shape index (κ2) is 14.4. The number of rotatable bonds is 14. The second-order valence-corrected chi connectivity index (χ2v) is 7.46. The number of aliphatic hydroxyl groups is 2. The van der Waals surface area contributed by atoms with Gasteiger partial charge in [0.25, 0.3) is 0 Å². The smallest absolute Gasteiger partial charge is 0.0752 e. The molecule has 1 rings (SSSR count). The maximum atomic E-state index is 10.3. The number of unbranched alkanes of at least 4 members (excludes halogenated alkanes) is 4. The Morgan fingerprint density at radius 1 is 1.04 bits per heavy atom. The molecule has 5 atom stereocenters. The molecule has 1 aliphatic carbocycles. The van der Waals surface area contributed by atoms with Crippen LogP contribution in [0.4, 0.5) is 0 Å². The van der Waals surface area contributed by atoms with Crippen molar-refractivity contribution >= 4 is 0 Å². The molecule has 0 aliphatic heterocycles. The highest BCUT2D eigenvalue weighted by molar-refractivity contribution is 5.06. The second-order valence-electron chi connectivity index (χ2n) is 7.46. The van der Waals surface area contributed by atoms with Crippen molar-refractivity contribution in [3.8, 4) is 0 Å². The van der Waals surface area contributed by atoms with Crippen LogP contribution in [0.1, 0.15) is 64.7 Å². The van der Waals surface area contributed by atoms with Gasteiger partial charge < -0.3 is 19.7 Å². The molecule has 152 valence electrons. The van der Waals surface area contributed by atoms with Crippen LogP contribution in [0.25, 0.3) is 0 Å². The van der Waals surface area contributed by atoms with Gasteiger partial charge in [0.1, 0.15) is 0 Å². The zero-order chi connectivity index (χ0) is 19.2. The van der Waals surface area contributed by atoms with Crippen LogP contribution >= 0.6 is 0 Å². The van der Waals surface area contributed by atoms with E-state index in [9.17, 15) is 10.2 Å². The van der Waals surface area contributed by atoms with Crippen LogP contribution in [0.3, 0.4) is 0 Å². The largest absolute Gasteiger partial charge is 0.393 e. The van der Waals surface area contributed by atoms with Gasteiger partial charge in [0.05, 0.1) is 18.3 Å². The van der Waals surface area contributed by atoms with Crippen molar-refractivity contribution in [2.45, 2.75) is 83.0 Å². The third kappa shape index (κ3) is 8.81. The molecule has 0 aromatic rings. The number of aliphatic hydroxyl groups excluding tert-OH is 2. The highest BCUT2D eigenvalue weighted by atomic mass is 16.5. The van der Waals surface area contributed by atoms with Gasteiger partial charge in [-0.1, -0.05) is 50.5 Å². The molecule has 26 heavy (non-hydrogen) atoms. The summed E-state index contributed by atoms with van der Waals surface area (Å²) in [4.78, 5) is 0. The van der Waals surface area contributed by atoms with Crippen LogP contribution in [-0.4, -0.2) is 49.4 Å². The predicted molar refractivity (Wildman–Crippen MR) is 107 cm³/mol. The van der Waals surface area contributed by atoms with E-state index >= 15 is 0 Å². The Bertz CT molecular complexity index is 394. The lowest BCUT2D eigenvalue weighted by atomic mass is 9.89. The minimum absolute atomic E-state index is 0.00645. The highest BCUT2D eigenvalue weighted by Crippen LogP contribution is 2.36. The van der Waals surface area contributed by atoms with Crippen LogP contribution in [-0.2, 0) is 9.47 Å². The minimum Gasteiger partial charge on any atom is -0.393 e. The lowest BCUT2D eigenvalue weighted by molar-refractivity contribution is 0.120. The average Bonchev–Trinajstić information content (AvgIpc) is 2.90. The molecule has 0 aromatic carbocycles. The topological polar surface area (TPSA) is 58.9 Å². The standard InChI is InChI=1S/C22H40O4/c1-4-5-9-12-18(26-3)14-15-20-19(21(23)17-22(20)24)13-10-7-6-8-11-16-25-2/h7,10,14-15,18-24H,4-6,8-9,11-13,16-17H2,1-3H3. The summed E-state index contributed by atoms with van der Waals surface area (Å²) in [5.41, 5.74) is 0. The van der Waals surface area contributed by atoms with Crippen molar-refractivity contribution in [1.82, 2.24) is 0 Å². The van der Waals surface area contributed by atoms with Gasteiger partial charge in [0.15, 0.2) is 0 Å². The summed E-state index contributed by atoms with van der Waals surface area (Å²) in [6.07, 6.45) is 16.8. The summed E-state index contributed by atoms with van der Waals surface area (Å²) >= 11 is 0.